The summed E-state index contributed by atoms with van der Waals surface area (Å²) in [6.07, 6.45) is 2.96. The second kappa shape index (κ2) is 9.70. The third-order valence-electron chi connectivity index (χ3n) is 6.52. The van der Waals surface area contributed by atoms with Crippen LogP contribution in [0.1, 0.15) is 33.1 Å². The molecule has 0 bridgehead atoms. The Morgan fingerprint density at radius 2 is 1.81 bits per heavy atom. The van der Waals surface area contributed by atoms with Crippen molar-refractivity contribution in [2.45, 2.75) is 48.2 Å². The number of likely N-dealkylation sites (tertiary alicyclic amines) is 1. The smallest absolute Gasteiger partial charge is 0.247 e. The summed E-state index contributed by atoms with van der Waals surface area (Å²) in [5.74, 6) is 0.0585. The Morgan fingerprint density at radius 1 is 1.12 bits per heavy atom. The molecule has 0 radical (unpaired) electrons. The van der Waals surface area contributed by atoms with Crippen LogP contribution in [0.25, 0.3) is 0 Å². The Balaban J connectivity index is 1.46. The standard InChI is InChI=1S/C22H32N4O4S2/c1-3-8-24-11-13-26(14-12-24)32(29,30)17-4-5-19-18(15-17)23-21(27)20(31-19)22(28)25-9-6-16(2)7-10-25/h4-5,15-16,20H,3,6-14H2,1-2H3,(H,23,27)/t20-/m0/s1. The zero-order valence-electron chi connectivity index (χ0n) is 18.7. The van der Waals surface area contributed by atoms with Gasteiger partial charge in [0.1, 0.15) is 0 Å². The lowest BCUT2D eigenvalue weighted by Gasteiger charge is -2.34. The molecule has 2 saturated heterocycles. The Labute approximate surface area is 194 Å². The first-order chi connectivity index (χ1) is 15.3. The van der Waals surface area contributed by atoms with Crippen LogP contribution in [0, 0.1) is 5.92 Å². The number of piperidine rings is 1. The van der Waals surface area contributed by atoms with Gasteiger partial charge in [0, 0.05) is 44.2 Å². The number of nitrogens with one attached hydrogen (secondary N) is 1. The molecule has 3 heterocycles. The van der Waals surface area contributed by atoms with Gasteiger partial charge >= 0.3 is 0 Å². The molecule has 1 atom stereocenters. The minimum atomic E-state index is -3.63. The molecule has 1 N–H and O–H groups in total. The maximum absolute atomic E-state index is 13.2. The minimum absolute atomic E-state index is 0.160. The highest BCUT2D eigenvalue weighted by atomic mass is 32.2. The van der Waals surface area contributed by atoms with E-state index in [9.17, 15) is 18.0 Å². The van der Waals surface area contributed by atoms with Crippen LogP contribution >= 0.6 is 11.8 Å². The van der Waals surface area contributed by atoms with Crippen molar-refractivity contribution in [2.75, 3.05) is 51.1 Å². The molecule has 0 aliphatic carbocycles. The molecule has 2 amide bonds. The summed E-state index contributed by atoms with van der Waals surface area (Å²) in [5, 5.41) is 1.95. The van der Waals surface area contributed by atoms with Gasteiger partial charge < -0.3 is 15.1 Å². The van der Waals surface area contributed by atoms with Gasteiger partial charge in [-0.15, -0.1) is 11.8 Å². The van der Waals surface area contributed by atoms with E-state index in [1.165, 1.54) is 22.1 Å². The lowest BCUT2D eigenvalue weighted by atomic mass is 9.99. The Morgan fingerprint density at radius 3 is 2.47 bits per heavy atom. The van der Waals surface area contributed by atoms with Crippen molar-refractivity contribution in [3.63, 3.8) is 0 Å². The molecule has 0 aromatic heterocycles. The number of sulfonamides is 1. The summed E-state index contributed by atoms with van der Waals surface area (Å²) in [7, 11) is -3.63. The summed E-state index contributed by atoms with van der Waals surface area (Å²) in [6.45, 7) is 9.01. The number of hydrogen-bond donors (Lipinski definition) is 1. The topological polar surface area (TPSA) is 90.0 Å². The minimum Gasteiger partial charge on any atom is -0.341 e. The van der Waals surface area contributed by atoms with Crippen molar-refractivity contribution < 1.29 is 18.0 Å². The second-order valence-electron chi connectivity index (χ2n) is 8.90. The van der Waals surface area contributed by atoms with Crippen LogP contribution in [0.15, 0.2) is 28.0 Å². The highest BCUT2D eigenvalue weighted by Crippen LogP contribution is 2.38. The van der Waals surface area contributed by atoms with E-state index in [0.717, 1.165) is 43.8 Å². The van der Waals surface area contributed by atoms with E-state index in [-0.39, 0.29) is 16.7 Å². The fourth-order valence-electron chi connectivity index (χ4n) is 4.46. The first-order valence-corrected chi connectivity index (χ1v) is 13.7. The third-order valence-corrected chi connectivity index (χ3v) is 9.68. The number of piperazine rings is 1. The molecule has 8 nitrogen and oxygen atoms in total. The monoisotopic (exact) mass is 480 g/mol. The highest BCUT2D eigenvalue weighted by molar-refractivity contribution is 8.01. The van der Waals surface area contributed by atoms with E-state index >= 15 is 0 Å². The van der Waals surface area contributed by atoms with Gasteiger partial charge in [-0.3, -0.25) is 9.59 Å². The van der Waals surface area contributed by atoms with Crippen molar-refractivity contribution in [3.8, 4) is 0 Å². The molecule has 32 heavy (non-hydrogen) atoms. The summed E-state index contributed by atoms with van der Waals surface area (Å²) < 4.78 is 27.8. The number of amides is 2. The van der Waals surface area contributed by atoms with Gasteiger partial charge in [0.2, 0.25) is 21.8 Å². The van der Waals surface area contributed by atoms with Crippen LogP contribution < -0.4 is 5.32 Å². The van der Waals surface area contributed by atoms with E-state index in [1.54, 1.807) is 17.0 Å². The summed E-state index contributed by atoms with van der Waals surface area (Å²) in [5.41, 5.74) is 0.460. The zero-order chi connectivity index (χ0) is 22.9. The zero-order valence-corrected chi connectivity index (χ0v) is 20.4. The van der Waals surface area contributed by atoms with Gasteiger partial charge in [-0.05, 0) is 49.9 Å². The molecule has 4 rings (SSSR count). The van der Waals surface area contributed by atoms with E-state index < -0.39 is 15.3 Å². The Hall–Kier alpha value is -1.62. The van der Waals surface area contributed by atoms with E-state index in [2.05, 4.69) is 24.1 Å². The summed E-state index contributed by atoms with van der Waals surface area (Å²) >= 11 is 1.21. The predicted octanol–water partition coefficient (Wildman–Crippen LogP) is 2.07. The number of rotatable bonds is 5. The van der Waals surface area contributed by atoms with E-state index in [1.807, 2.05) is 0 Å². The van der Waals surface area contributed by atoms with E-state index in [4.69, 9.17) is 0 Å². The normalized spacial score (nSPS) is 23.6. The number of thioether (sulfide) groups is 1. The van der Waals surface area contributed by atoms with Crippen molar-refractivity contribution in [1.29, 1.82) is 0 Å². The fraction of sp³-hybridized carbons (Fsp3) is 0.636. The van der Waals surface area contributed by atoms with Gasteiger partial charge in [-0.2, -0.15) is 4.31 Å². The first-order valence-electron chi connectivity index (χ1n) is 11.4. The molecular formula is C22H32N4O4S2. The van der Waals surface area contributed by atoms with Crippen LogP contribution in [0.2, 0.25) is 0 Å². The first kappa shape index (κ1) is 23.5. The molecule has 3 aliphatic rings. The van der Waals surface area contributed by atoms with Gasteiger partial charge in [0.25, 0.3) is 0 Å². The fourth-order valence-corrected chi connectivity index (χ4v) is 6.97. The van der Waals surface area contributed by atoms with Crippen molar-refractivity contribution in [3.05, 3.63) is 18.2 Å². The largest absolute Gasteiger partial charge is 0.341 e. The number of fused-ring (bicyclic) bond motifs is 1. The molecule has 10 heteroatoms. The number of anilines is 1. The van der Waals surface area contributed by atoms with Crippen LogP contribution in [-0.4, -0.2) is 85.4 Å². The molecule has 1 aromatic rings. The summed E-state index contributed by atoms with van der Waals surface area (Å²) in [4.78, 5) is 30.6. The van der Waals surface area contributed by atoms with Gasteiger partial charge in [0.15, 0.2) is 5.25 Å². The van der Waals surface area contributed by atoms with Crippen LogP contribution in [-0.2, 0) is 19.6 Å². The number of carbonyl (C=O) groups is 2. The third kappa shape index (κ3) is 4.83. The SMILES string of the molecule is CCCN1CCN(S(=O)(=O)c2ccc3c(c2)NC(=O)[C@@H](C(=O)N2CCC(C)CC2)S3)CC1. The molecule has 0 spiro atoms. The molecule has 176 valence electrons. The lowest BCUT2D eigenvalue weighted by Crippen LogP contribution is -2.48. The number of benzene rings is 1. The molecule has 2 fully saturated rings. The molecular weight excluding hydrogens is 448 g/mol. The van der Waals surface area contributed by atoms with Crippen LogP contribution in [0.4, 0.5) is 5.69 Å². The molecule has 0 saturated carbocycles. The van der Waals surface area contributed by atoms with Crippen LogP contribution in [0.3, 0.4) is 0 Å². The van der Waals surface area contributed by atoms with Gasteiger partial charge in [-0.1, -0.05) is 13.8 Å². The Kier molecular flexibility index (Phi) is 7.14. The van der Waals surface area contributed by atoms with Gasteiger partial charge in [0.05, 0.1) is 10.6 Å². The quantitative estimate of drug-likeness (QED) is 0.649. The highest BCUT2D eigenvalue weighted by Gasteiger charge is 2.37. The maximum Gasteiger partial charge on any atom is 0.247 e. The second-order valence-corrected chi connectivity index (χ2v) is 12.0. The van der Waals surface area contributed by atoms with E-state index in [0.29, 0.717) is 37.8 Å². The number of nitrogens with zero attached hydrogens (tertiary/aromatic N) is 3. The number of carbonyl (C=O) groups excluding carboxylic acids is 2. The average Bonchev–Trinajstić information content (AvgIpc) is 2.79. The van der Waals surface area contributed by atoms with Crippen molar-refractivity contribution in [1.82, 2.24) is 14.1 Å². The Bertz CT molecular complexity index is 968. The number of hydrogen-bond acceptors (Lipinski definition) is 6. The molecule has 0 unspecified atom stereocenters. The molecule has 3 aliphatic heterocycles. The average molecular weight is 481 g/mol. The molecule has 1 aromatic carbocycles. The predicted molar refractivity (Wildman–Crippen MR) is 125 cm³/mol. The maximum atomic E-state index is 13.2. The summed E-state index contributed by atoms with van der Waals surface area (Å²) in [6, 6.07) is 4.82. The van der Waals surface area contributed by atoms with Crippen molar-refractivity contribution in [2.24, 2.45) is 5.92 Å². The van der Waals surface area contributed by atoms with Gasteiger partial charge in [-0.25, -0.2) is 8.42 Å². The lowest BCUT2D eigenvalue weighted by molar-refractivity contribution is -0.135. The van der Waals surface area contributed by atoms with Crippen LogP contribution in [0.5, 0.6) is 0 Å². The van der Waals surface area contributed by atoms with Crippen molar-refractivity contribution >= 4 is 39.3 Å².